The first-order valence-electron chi connectivity index (χ1n) is 7.42. The van der Waals surface area contributed by atoms with Gasteiger partial charge in [-0.15, -0.1) is 0 Å². The largest absolute Gasteiger partial charge is 0.495 e. The molecule has 25 heavy (non-hydrogen) atoms. The highest BCUT2D eigenvalue weighted by molar-refractivity contribution is 5.92. The molecule has 8 heteroatoms. The van der Waals surface area contributed by atoms with Crippen molar-refractivity contribution in [3.05, 3.63) is 54.3 Å². The van der Waals surface area contributed by atoms with Gasteiger partial charge in [0.2, 0.25) is 0 Å². The number of amides is 3. The lowest BCUT2D eigenvalue weighted by Crippen LogP contribution is -2.48. The Labute approximate surface area is 144 Å². The molecule has 3 N–H and O–H groups in total. The molecule has 0 heterocycles. The average Bonchev–Trinajstić information content (AvgIpc) is 2.62. The molecule has 0 saturated heterocycles. The van der Waals surface area contributed by atoms with Crippen molar-refractivity contribution in [3.63, 3.8) is 0 Å². The van der Waals surface area contributed by atoms with Gasteiger partial charge in [-0.25, -0.2) is 14.6 Å². The lowest BCUT2D eigenvalue weighted by atomic mass is 10.3. The predicted molar refractivity (Wildman–Crippen MR) is 89.8 cm³/mol. The van der Waals surface area contributed by atoms with Crippen molar-refractivity contribution in [2.75, 3.05) is 12.4 Å². The van der Waals surface area contributed by atoms with Gasteiger partial charge in [0.25, 0.3) is 5.91 Å². The Bertz CT molecular complexity index is 754. The van der Waals surface area contributed by atoms with Crippen LogP contribution in [0.1, 0.15) is 6.92 Å². The third kappa shape index (κ3) is 5.10. The Morgan fingerprint density at radius 2 is 1.64 bits per heavy atom. The van der Waals surface area contributed by atoms with E-state index in [0.717, 1.165) is 0 Å². The zero-order valence-electron chi connectivity index (χ0n) is 13.7. The molecule has 0 aliphatic carbocycles. The van der Waals surface area contributed by atoms with Crippen LogP contribution in [0, 0.1) is 5.82 Å². The molecular weight excluding hydrogens is 329 g/mol. The summed E-state index contributed by atoms with van der Waals surface area (Å²) in [6.07, 6.45) is -1.01. The van der Waals surface area contributed by atoms with E-state index in [9.17, 15) is 14.0 Å². The smallest absolute Gasteiger partial charge is 0.338 e. The minimum atomic E-state index is -1.01. The van der Waals surface area contributed by atoms with Crippen LogP contribution in [0.15, 0.2) is 48.5 Å². The van der Waals surface area contributed by atoms with Gasteiger partial charge in [-0.1, -0.05) is 24.3 Å². The molecule has 0 aliphatic heterocycles. The van der Waals surface area contributed by atoms with Crippen LogP contribution in [0.4, 0.5) is 14.9 Å². The zero-order chi connectivity index (χ0) is 18.2. The normalized spacial score (nSPS) is 11.2. The number of methoxy groups -OCH3 is 1. The summed E-state index contributed by atoms with van der Waals surface area (Å²) in [5.74, 6) is -0.800. The zero-order valence-corrected chi connectivity index (χ0v) is 13.7. The first kappa shape index (κ1) is 18.1. The summed E-state index contributed by atoms with van der Waals surface area (Å²) >= 11 is 0. The number of hydrazine groups is 1. The first-order valence-corrected chi connectivity index (χ1v) is 7.42. The van der Waals surface area contributed by atoms with Gasteiger partial charge < -0.3 is 14.8 Å². The summed E-state index contributed by atoms with van der Waals surface area (Å²) < 4.78 is 23.8. The molecule has 0 spiro atoms. The van der Waals surface area contributed by atoms with Crippen LogP contribution < -0.4 is 25.6 Å². The second kappa shape index (κ2) is 8.53. The Hall–Kier alpha value is -3.29. The van der Waals surface area contributed by atoms with E-state index in [2.05, 4.69) is 16.2 Å². The molecule has 3 amide bonds. The van der Waals surface area contributed by atoms with Crippen LogP contribution in [-0.4, -0.2) is 25.2 Å². The number of para-hydroxylation sites is 3. The summed E-state index contributed by atoms with van der Waals surface area (Å²) in [5.41, 5.74) is 4.81. The monoisotopic (exact) mass is 347 g/mol. The molecule has 1 unspecified atom stereocenters. The maximum atomic E-state index is 13.5. The molecule has 2 aromatic rings. The third-order valence-electron chi connectivity index (χ3n) is 3.16. The fourth-order valence-electron chi connectivity index (χ4n) is 1.91. The van der Waals surface area contributed by atoms with Crippen LogP contribution in [0.5, 0.6) is 11.5 Å². The van der Waals surface area contributed by atoms with Gasteiger partial charge in [0.1, 0.15) is 5.75 Å². The first-order chi connectivity index (χ1) is 12.0. The lowest BCUT2D eigenvalue weighted by molar-refractivity contribution is -0.128. The van der Waals surface area contributed by atoms with E-state index in [4.69, 9.17) is 9.47 Å². The minimum Gasteiger partial charge on any atom is -0.495 e. The SMILES string of the molecule is COc1ccccc1NC(=O)NNC(=O)C(C)Oc1ccccc1F. The van der Waals surface area contributed by atoms with Crippen LogP contribution in [0.25, 0.3) is 0 Å². The second-order valence-electron chi connectivity index (χ2n) is 4.96. The van der Waals surface area contributed by atoms with E-state index in [1.165, 1.54) is 32.2 Å². The number of anilines is 1. The summed E-state index contributed by atoms with van der Waals surface area (Å²) in [7, 11) is 1.47. The molecule has 0 bridgehead atoms. The maximum Gasteiger partial charge on any atom is 0.338 e. The van der Waals surface area contributed by atoms with Crippen LogP contribution in [-0.2, 0) is 4.79 Å². The number of carbonyl (C=O) groups is 2. The number of carbonyl (C=O) groups excluding carboxylic acids is 2. The van der Waals surface area contributed by atoms with Crippen molar-refractivity contribution in [1.29, 1.82) is 0 Å². The Morgan fingerprint density at radius 3 is 2.32 bits per heavy atom. The summed E-state index contributed by atoms with van der Waals surface area (Å²) in [4.78, 5) is 23.7. The van der Waals surface area contributed by atoms with Crippen molar-refractivity contribution >= 4 is 17.6 Å². The molecule has 132 valence electrons. The number of ether oxygens (including phenoxy) is 2. The molecule has 0 saturated carbocycles. The summed E-state index contributed by atoms with van der Waals surface area (Å²) in [6, 6.07) is 11.9. The van der Waals surface area contributed by atoms with Crippen molar-refractivity contribution in [2.24, 2.45) is 0 Å². The number of rotatable bonds is 5. The molecule has 0 aliphatic rings. The van der Waals surface area contributed by atoms with Crippen LogP contribution >= 0.6 is 0 Å². The fraction of sp³-hybridized carbons (Fsp3) is 0.176. The van der Waals surface area contributed by atoms with Crippen LogP contribution in [0.2, 0.25) is 0 Å². The molecular formula is C17H18FN3O4. The van der Waals surface area contributed by atoms with Gasteiger partial charge in [0, 0.05) is 0 Å². The van der Waals surface area contributed by atoms with Gasteiger partial charge in [0.15, 0.2) is 17.7 Å². The number of halogens is 1. The van der Waals surface area contributed by atoms with Crippen molar-refractivity contribution in [1.82, 2.24) is 10.9 Å². The molecule has 0 aromatic heterocycles. The topological polar surface area (TPSA) is 88.7 Å². The minimum absolute atomic E-state index is 0.0522. The predicted octanol–water partition coefficient (Wildman–Crippen LogP) is 2.45. The molecule has 1 atom stereocenters. The lowest BCUT2D eigenvalue weighted by Gasteiger charge is -2.16. The van der Waals surface area contributed by atoms with Crippen molar-refractivity contribution in [2.45, 2.75) is 13.0 Å². The maximum absolute atomic E-state index is 13.5. The molecule has 0 fully saturated rings. The molecule has 0 radical (unpaired) electrons. The number of hydrogen-bond acceptors (Lipinski definition) is 4. The number of hydrogen-bond donors (Lipinski definition) is 3. The number of benzene rings is 2. The van der Waals surface area contributed by atoms with Gasteiger partial charge in [-0.3, -0.25) is 10.2 Å². The van der Waals surface area contributed by atoms with E-state index < -0.39 is 23.9 Å². The number of nitrogens with one attached hydrogen (secondary N) is 3. The van der Waals surface area contributed by atoms with Gasteiger partial charge in [-0.05, 0) is 31.2 Å². The van der Waals surface area contributed by atoms with Crippen molar-refractivity contribution in [3.8, 4) is 11.5 Å². The number of urea groups is 1. The summed E-state index contributed by atoms with van der Waals surface area (Å²) in [6.45, 7) is 1.43. The standard InChI is InChI=1S/C17H18FN3O4/c1-11(25-14-9-5-3-7-12(14)18)16(22)20-21-17(23)19-13-8-4-6-10-15(13)24-2/h3-11H,1-2H3,(H,20,22)(H2,19,21,23). The Kier molecular flexibility index (Phi) is 6.16. The van der Waals surface area contributed by atoms with E-state index >= 15 is 0 Å². The van der Waals surface area contributed by atoms with E-state index in [1.54, 1.807) is 30.3 Å². The highest BCUT2D eigenvalue weighted by Gasteiger charge is 2.17. The van der Waals surface area contributed by atoms with Gasteiger partial charge in [-0.2, -0.15) is 0 Å². The van der Waals surface area contributed by atoms with E-state index in [0.29, 0.717) is 11.4 Å². The third-order valence-corrected chi connectivity index (χ3v) is 3.16. The summed E-state index contributed by atoms with van der Waals surface area (Å²) in [5, 5.41) is 2.52. The average molecular weight is 347 g/mol. The Morgan fingerprint density at radius 1 is 1.00 bits per heavy atom. The second-order valence-corrected chi connectivity index (χ2v) is 4.96. The van der Waals surface area contributed by atoms with E-state index in [-0.39, 0.29) is 5.75 Å². The molecule has 2 rings (SSSR count). The fourth-order valence-corrected chi connectivity index (χ4v) is 1.91. The highest BCUT2D eigenvalue weighted by atomic mass is 19.1. The Balaban J connectivity index is 1.84. The highest BCUT2D eigenvalue weighted by Crippen LogP contribution is 2.22. The quantitative estimate of drug-likeness (QED) is 0.725. The van der Waals surface area contributed by atoms with E-state index in [1.807, 2.05) is 0 Å². The van der Waals surface area contributed by atoms with Crippen LogP contribution in [0.3, 0.4) is 0 Å². The van der Waals surface area contributed by atoms with Gasteiger partial charge >= 0.3 is 6.03 Å². The molecule has 2 aromatic carbocycles. The van der Waals surface area contributed by atoms with Gasteiger partial charge in [0.05, 0.1) is 12.8 Å². The molecule has 7 nitrogen and oxygen atoms in total. The van der Waals surface area contributed by atoms with Crippen molar-refractivity contribution < 1.29 is 23.5 Å².